The first-order valence-corrected chi connectivity index (χ1v) is 17.8. The first-order chi connectivity index (χ1) is 25.8. The van der Waals surface area contributed by atoms with Gasteiger partial charge in [0.1, 0.15) is 22.3 Å². The molecule has 0 aliphatic carbocycles. The third kappa shape index (κ3) is 4.31. The molecule has 0 unspecified atom stereocenters. The summed E-state index contributed by atoms with van der Waals surface area (Å²) in [5.41, 5.74) is 12.8. The number of para-hydroxylation sites is 2. The highest BCUT2D eigenvalue weighted by Gasteiger charge is 2.22. The molecule has 11 rings (SSSR count). The Morgan fingerprint density at radius 1 is 0.231 bits per heavy atom. The van der Waals surface area contributed by atoms with Crippen LogP contribution in [0.15, 0.2) is 191 Å². The van der Waals surface area contributed by atoms with E-state index in [9.17, 15) is 0 Å². The highest BCUT2D eigenvalue weighted by molar-refractivity contribution is 6.23. The van der Waals surface area contributed by atoms with Crippen LogP contribution in [0, 0.1) is 0 Å². The molecule has 0 aliphatic rings. The number of rotatable bonds is 4. The highest BCUT2D eigenvalue weighted by atomic mass is 16.3. The Labute approximate surface area is 299 Å². The van der Waals surface area contributed by atoms with Gasteiger partial charge in [-0.05, 0) is 78.7 Å². The van der Waals surface area contributed by atoms with Gasteiger partial charge >= 0.3 is 0 Å². The molecule has 0 saturated heterocycles. The minimum absolute atomic E-state index is 0.846. The van der Waals surface area contributed by atoms with Gasteiger partial charge in [-0.2, -0.15) is 0 Å². The topological polar surface area (TPSA) is 26.3 Å². The average Bonchev–Trinajstić information content (AvgIpc) is 3.78. The maximum Gasteiger partial charge on any atom is 0.147 e. The Morgan fingerprint density at radius 3 is 1.00 bits per heavy atom. The number of benzene rings is 9. The number of furan rings is 2. The zero-order valence-corrected chi connectivity index (χ0v) is 28.1. The second kappa shape index (κ2) is 11.3. The highest BCUT2D eigenvalue weighted by Crippen LogP contribution is 2.47. The second-order valence-corrected chi connectivity index (χ2v) is 13.6. The summed E-state index contributed by atoms with van der Waals surface area (Å²) in [5, 5.41) is 9.35. The molecular formula is C50H30O2. The largest absolute Gasteiger partial charge is 0.455 e. The van der Waals surface area contributed by atoms with Gasteiger partial charge < -0.3 is 8.83 Å². The standard InChI is InChI=1S/C50H30O2/c1-2-12-31(13-3-1)32-22-24-33(25-23-32)46-38-16-4-6-18-40(38)47(41-19-7-5-17-39(41)46)34-26-28-35(29-27-34)48-49-42(36-14-8-10-20-44(36)51-49)30-43-37-15-9-11-21-45(37)52-50(43)48/h1-30H. The van der Waals surface area contributed by atoms with Crippen molar-refractivity contribution < 1.29 is 8.83 Å². The first-order valence-electron chi connectivity index (χ1n) is 17.8. The van der Waals surface area contributed by atoms with Crippen LogP contribution in [0.25, 0.3) is 110 Å². The predicted molar refractivity (Wildman–Crippen MR) is 218 cm³/mol. The normalized spacial score (nSPS) is 11.8. The molecule has 9 aromatic carbocycles. The van der Waals surface area contributed by atoms with Gasteiger partial charge in [0.25, 0.3) is 0 Å². The smallest absolute Gasteiger partial charge is 0.147 e. The summed E-state index contributed by atoms with van der Waals surface area (Å²) in [7, 11) is 0. The van der Waals surface area contributed by atoms with Crippen molar-refractivity contribution in [1.29, 1.82) is 0 Å². The van der Waals surface area contributed by atoms with Crippen LogP contribution in [0.3, 0.4) is 0 Å². The Kier molecular flexibility index (Phi) is 6.28. The molecule has 0 saturated carbocycles. The molecule has 242 valence electrons. The van der Waals surface area contributed by atoms with Gasteiger partial charge in [-0.3, -0.25) is 0 Å². The molecule has 11 aromatic rings. The zero-order chi connectivity index (χ0) is 34.2. The Hall–Kier alpha value is -6.90. The van der Waals surface area contributed by atoms with Crippen LogP contribution in [0.5, 0.6) is 0 Å². The van der Waals surface area contributed by atoms with E-state index in [1.165, 1.54) is 54.9 Å². The summed E-state index contributed by atoms with van der Waals surface area (Å²) in [6.45, 7) is 0. The maximum absolute atomic E-state index is 6.60. The van der Waals surface area contributed by atoms with E-state index >= 15 is 0 Å². The molecule has 0 aliphatic heterocycles. The van der Waals surface area contributed by atoms with E-state index in [-0.39, 0.29) is 0 Å². The number of hydrogen-bond donors (Lipinski definition) is 0. The van der Waals surface area contributed by atoms with Crippen molar-refractivity contribution in [3.05, 3.63) is 182 Å². The fraction of sp³-hybridized carbons (Fsp3) is 0. The van der Waals surface area contributed by atoms with E-state index in [0.717, 1.165) is 55.0 Å². The lowest BCUT2D eigenvalue weighted by Crippen LogP contribution is -1.91. The molecule has 0 amide bonds. The lowest BCUT2D eigenvalue weighted by molar-refractivity contribution is 0.658. The van der Waals surface area contributed by atoms with E-state index in [2.05, 4.69) is 158 Å². The van der Waals surface area contributed by atoms with Gasteiger partial charge in [0.15, 0.2) is 0 Å². The summed E-state index contributed by atoms with van der Waals surface area (Å²) >= 11 is 0. The van der Waals surface area contributed by atoms with Gasteiger partial charge in [0, 0.05) is 21.5 Å². The van der Waals surface area contributed by atoms with Gasteiger partial charge in [0.2, 0.25) is 0 Å². The molecule has 52 heavy (non-hydrogen) atoms. The lowest BCUT2D eigenvalue weighted by Gasteiger charge is -2.18. The molecule has 2 nitrogen and oxygen atoms in total. The Balaban J connectivity index is 1.11. The first kappa shape index (κ1) is 28.9. The van der Waals surface area contributed by atoms with Crippen LogP contribution in [0.4, 0.5) is 0 Å². The molecule has 0 N–H and O–H groups in total. The summed E-state index contributed by atoms with van der Waals surface area (Å²) in [4.78, 5) is 0. The van der Waals surface area contributed by atoms with Crippen molar-refractivity contribution in [3.8, 4) is 44.5 Å². The SMILES string of the molecule is c1ccc(-c2ccc(-c3c4ccccc4c(-c4ccc(-c5c6oc7ccccc7c6cc6c5oc5ccccc56)cc4)c4ccccc34)cc2)cc1. The second-order valence-electron chi connectivity index (χ2n) is 13.6. The minimum atomic E-state index is 0.846. The molecule has 2 heterocycles. The predicted octanol–water partition coefficient (Wildman–Crippen LogP) is 14.5. The van der Waals surface area contributed by atoms with E-state index in [0.29, 0.717) is 0 Å². The molecule has 0 spiro atoms. The van der Waals surface area contributed by atoms with Crippen LogP contribution in [0.2, 0.25) is 0 Å². The van der Waals surface area contributed by atoms with Gasteiger partial charge in [-0.15, -0.1) is 0 Å². The van der Waals surface area contributed by atoms with E-state index < -0.39 is 0 Å². The van der Waals surface area contributed by atoms with Crippen molar-refractivity contribution in [2.45, 2.75) is 0 Å². The summed E-state index contributed by atoms with van der Waals surface area (Å²) in [6, 6.07) is 65.0. The van der Waals surface area contributed by atoms with Gasteiger partial charge in [0.05, 0.1) is 5.56 Å². The van der Waals surface area contributed by atoms with Crippen LogP contribution < -0.4 is 0 Å². The fourth-order valence-corrected chi connectivity index (χ4v) is 8.31. The summed E-state index contributed by atoms with van der Waals surface area (Å²) < 4.78 is 13.2. The lowest BCUT2D eigenvalue weighted by atomic mass is 9.85. The Morgan fingerprint density at radius 2 is 0.558 bits per heavy atom. The fourth-order valence-electron chi connectivity index (χ4n) is 8.31. The van der Waals surface area contributed by atoms with E-state index in [1.807, 2.05) is 24.3 Å². The van der Waals surface area contributed by atoms with Crippen molar-refractivity contribution in [3.63, 3.8) is 0 Å². The zero-order valence-electron chi connectivity index (χ0n) is 28.1. The van der Waals surface area contributed by atoms with E-state index in [1.54, 1.807) is 0 Å². The van der Waals surface area contributed by atoms with Crippen molar-refractivity contribution >= 4 is 65.4 Å². The number of hydrogen-bond acceptors (Lipinski definition) is 2. The third-order valence-electron chi connectivity index (χ3n) is 10.7. The third-order valence-corrected chi connectivity index (χ3v) is 10.7. The summed E-state index contributed by atoms with van der Waals surface area (Å²) in [6.07, 6.45) is 0. The van der Waals surface area contributed by atoms with Crippen LogP contribution in [0.1, 0.15) is 0 Å². The van der Waals surface area contributed by atoms with Crippen molar-refractivity contribution in [1.82, 2.24) is 0 Å². The molecule has 2 heteroatoms. The maximum atomic E-state index is 6.60. The Bertz CT molecular complexity index is 3000. The van der Waals surface area contributed by atoms with Crippen molar-refractivity contribution in [2.75, 3.05) is 0 Å². The molecule has 0 radical (unpaired) electrons. The minimum Gasteiger partial charge on any atom is -0.455 e. The van der Waals surface area contributed by atoms with Crippen molar-refractivity contribution in [2.24, 2.45) is 0 Å². The average molecular weight is 663 g/mol. The number of fused-ring (bicyclic) bond motifs is 8. The molecule has 0 fully saturated rings. The quantitative estimate of drug-likeness (QED) is 0.175. The molecule has 2 aromatic heterocycles. The van der Waals surface area contributed by atoms with Gasteiger partial charge in [-0.1, -0.05) is 164 Å². The van der Waals surface area contributed by atoms with Gasteiger partial charge in [-0.25, -0.2) is 0 Å². The van der Waals surface area contributed by atoms with Crippen LogP contribution in [-0.2, 0) is 0 Å². The van der Waals surface area contributed by atoms with E-state index in [4.69, 9.17) is 8.83 Å². The summed E-state index contributed by atoms with van der Waals surface area (Å²) in [5.74, 6) is 0. The van der Waals surface area contributed by atoms with Crippen LogP contribution in [-0.4, -0.2) is 0 Å². The molecule has 0 atom stereocenters. The monoisotopic (exact) mass is 662 g/mol. The molecular weight excluding hydrogens is 633 g/mol. The molecule has 0 bridgehead atoms. The van der Waals surface area contributed by atoms with Crippen LogP contribution >= 0.6 is 0 Å².